The molecule has 0 aliphatic carbocycles. The fourth-order valence-corrected chi connectivity index (χ4v) is 3.44. The van der Waals surface area contributed by atoms with Gasteiger partial charge in [-0.15, -0.1) is 0 Å². The lowest BCUT2D eigenvalue weighted by molar-refractivity contribution is 0.159. The number of sulfonamides is 1. The van der Waals surface area contributed by atoms with Gasteiger partial charge in [0.05, 0.1) is 5.75 Å². The highest BCUT2D eigenvalue weighted by Crippen LogP contribution is 2.16. The first-order chi connectivity index (χ1) is 8.55. The molecule has 0 bridgehead atoms. The maximum Gasteiger partial charge on any atom is 0.211 e. The normalized spacial score (nSPS) is 22.2. The van der Waals surface area contributed by atoms with Crippen LogP contribution in [-0.4, -0.2) is 56.5 Å². The van der Waals surface area contributed by atoms with Gasteiger partial charge >= 0.3 is 0 Å². The number of hydrogen-bond donors (Lipinski definition) is 2. The van der Waals surface area contributed by atoms with E-state index in [-0.39, 0.29) is 12.4 Å². The number of nitrogens with zero attached hydrogens (tertiary/aromatic N) is 1. The fourth-order valence-electron chi connectivity index (χ4n) is 2.33. The number of aliphatic hydroxyl groups excluding tert-OH is 1. The average Bonchev–Trinajstić information content (AvgIpc) is 2.34. The van der Waals surface area contributed by atoms with Crippen molar-refractivity contribution in [3.63, 3.8) is 0 Å². The van der Waals surface area contributed by atoms with Crippen LogP contribution in [0.15, 0.2) is 0 Å². The minimum absolute atomic E-state index is 0.0175. The molecule has 0 aromatic carbocycles. The molecule has 1 atom stereocenters. The van der Waals surface area contributed by atoms with E-state index in [1.165, 1.54) is 19.3 Å². The Bertz CT molecular complexity index is 319. The van der Waals surface area contributed by atoms with Crippen molar-refractivity contribution in [1.29, 1.82) is 0 Å². The predicted octanol–water partition coefficient (Wildman–Crippen LogP) is 0.553. The molecular weight excluding hydrogens is 252 g/mol. The standard InChI is InChI=1S/C12H26N2O3S/c1-12-6-2-3-8-14(12)9-4-7-13-18(16,17)11-5-10-15/h12-13,15H,2-11H2,1H3. The Labute approximate surface area is 111 Å². The molecule has 1 saturated heterocycles. The molecule has 0 amide bonds. The van der Waals surface area contributed by atoms with E-state index in [0.717, 1.165) is 19.5 Å². The summed E-state index contributed by atoms with van der Waals surface area (Å²) in [5.74, 6) is 0.0175. The summed E-state index contributed by atoms with van der Waals surface area (Å²) < 4.78 is 25.5. The van der Waals surface area contributed by atoms with Crippen LogP contribution in [0.5, 0.6) is 0 Å². The molecule has 18 heavy (non-hydrogen) atoms. The van der Waals surface area contributed by atoms with Crippen LogP contribution < -0.4 is 4.72 Å². The third-order valence-corrected chi connectivity index (χ3v) is 4.93. The Morgan fingerprint density at radius 1 is 1.33 bits per heavy atom. The van der Waals surface area contributed by atoms with Crippen LogP contribution in [0.1, 0.15) is 39.0 Å². The molecule has 2 N–H and O–H groups in total. The van der Waals surface area contributed by atoms with Crippen LogP contribution in [0.25, 0.3) is 0 Å². The minimum Gasteiger partial charge on any atom is -0.396 e. The lowest BCUT2D eigenvalue weighted by atomic mass is 10.0. The number of likely N-dealkylation sites (tertiary alicyclic amines) is 1. The first kappa shape index (κ1) is 15.9. The van der Waals surface area contributed by atoms with Crippen LogP contribution >= 0.6 is 0 Å². The van der Waals surface area contributed by atoms with E-state index in [1.807, 2.05) is 0 Å². The fraction of sp³-hybridized carbons (Fsp3) is 1.00. The summed E-state index contributed by atoms with van der Waals surface area (Å²) in [6.07, 6.45) is 4.97. The molecule has 6 heteroatoms. The molecule has 1 fully saturated rings. The second-order valence-corrected chi connectivity index (χ2v) is 6.95. The summed E-state index contributed by atoms with van der Waals surface area (Å²) in [5, 5.41) is 8.60. The quantitative estimate of drug-likeness (QED) is 0.636. The molecule has 0 aromatic rings. The van der Waals surface area contributed by atoms with Crippen molar-refractivity contribution >= 4 is 10.0 Å². The van der Waals surface area contributed by atoms with Crippen molar-refractivity contribution < 1.29 is 13.5 Å². The summed E-state index contributed by atoms with van der Waals surface area (Å²) in [6.45, 7) is 4.76. The Morgan fingerprint density at radius 2 is 2.11 bits per heavy atom. The molecule has 1 unspecified atom stereocenters. The molecule has 5 nitrogen and oxygen atoms in total. The molecule has 1 aliphatic heterocycles. The van der Waals surface area contributed by atoms with Gasteiger partial charge in [0.25, 0.3) is 0 Å². The van der Waals surface area contributed by atoms with Gasteiger partial charge in [0.1, 0.15) is 0 Å². The van der Waals surface area contributed by atoms with Crippen molar-refractivity contribution in [3.8, 4) is 0 Å². The summed E-state index contributed by atoms with van der Waals surface area (Å²) in [5.41, 5.74) is 0. The number of piperidine rings is 1. The van der Waals surface area contributed by atoms with E-state index in [0.29, 0.717) is 19.0 Å². The summed E-state index contributed by atoms with van der Waals surface area (Å²) >= 11 is 0. The van der Waals surface area contributed by atoms with Gasteiger partial charge in [0.2, 0.25) is 10.0 Å². The third-order valence-electron chi connectivity index (χ3n) is 3.46. The first-order valence-electron chi connectivity index (χ1n) is 6.87. The summed E-state index contributed by atoms with van der Waals surface area (Å²) in [4.78, 5) is 2.44. The topological polar surface area (TPSA) is 69.6 Å². The first-order valence-corrected chi connectivity index (χ1v) is 8.52. The lowest BCUT2D eigenvalue weighted by Crippen LogP contribution is -2.39. The zero-order valence-electron chi connectivity index (χ0n) is 11.3. The number of aliphatic hydroxyl groups is 1. The van der Waals surface area contributed by atoms with Gasteiger partial charge in [0, 0.05) is 19.2 Å². The smallest absolute Gasteiger partial charge is 0.211 e. The van der Waals surface area contributed by atoms with E-state index in [1.54, 1.807) is 0 Å². The Kier molecular flexibility index (Phi) is 7.14. The van der Waals surface area contributed by atoms with Gasteiger partial charge in [-0.2, -0.15) is 0 Å². The maximum atomic E-state index is 11.5. The molecule has 0 spiro atoms. The van der Waals surface area contributed by atoms with Crippen LogP contribution in [0.3, 0.4) is 0 Å². The monoisotopic (exact) mass is 278 g/mol. The maximum absolute atomic E-state index is 11.5. The number of hydrogen-bond acceptors (Lipinski definition) is 4. The van der Waals surface area contributed by atoms with Gasteiger partial charge in [0.15, 0.2) is 0 Å². The van der Waals surface area contributed by atoms with E-state index in [2.05, 4.69) is 16.5 Å². The van der Waals surface area contributed by atoms with Crippen molar-refractivity contribution in [3.05, 3.63) is 0 Å². The van der Waals surface area contributed by atoms with Crippen LogP contribution in [0.4, 0.5) is 0 Å². The van der Waals surface area contributed by atoms with Gasteiger partial charge in [-0.05, 0) is 45.7 Å². The highest BCUT2D eigenvalue weighted by atomic mass is 32.2. The van der Waals surface area contributed by atoms with Crippen molar-refractivity contribution in [1.82, 2.24) is 9.62 Å². The Morgan fingerprint density at radius 3 is 2.78 bits per heavy atom. The van der Waals surface area contributed by atoms with Crippen LogP contribution in [-0.2, 0) is 10.0 Å². The largest absolute Gasteiger partial charge is 0.396 e. The summed E-state index contributed by atoms with van der Waals surface area (Å²) in [6, 6.07) is 0.629. The minimum atomic E-state index is -3.19. The second kappa shape index (κ2) is 8.09. The van der Waals surface area contributed by atoms with Gasteiger partial charge in [-0.1, -0.05) is 6.42 Å². The van der Waals surface area contributed by atoms with Crippen LogP contribution in [0, 0.1) is 0 Å². The van der Waals surface area contributed by atoms with Crippen molar-refractivity contribution in [2.24, 2.45) is 0 Å². The summed E-state index contributed by atoms with van der Waals surface area (Å²) in [7, 11) is -3.19. The second-order valence-electron chi connectivity index (χ2n) is 5.02. The Balaban J connectivity index is 2.14. The predicted molar refractivity (Wildman–Crippen MR) is 73.0 cm³/mol. The molecule has 108 valence electrons. The van der Waals surface area contributed by atoms with E-state index in [4.69, 9.17) is 5.11 Å². The molecule has 1 aliphatic rings. The van der Waals surface area contributed by atoms with Gasteiger partial charge in [-0.25, -0.2) is 13.1 Å². The highest BCUT2D eigenvalue weighted by Gasteiger charge is 2.17. The van der Waals surface area contributed by atoms with E-state index < -0.39 is 10.0 Å². The van der Waals surface area contributed by atoms with Gasteiger partial charge < -0.3 is 10.0 Å². The number of nitrogens with one attached hydrogen (secondary N) is 1. The molecule has 0 aromatic heterocycles. The number of rotatable bonds is 8. The molecule has 1 heterocycles. The highest BCUT2D eigenvalue weighted by molar-refractivity contribution is 7.89. The molecule has 0 saturated carbocycles. The SMILES string of the molecule is CC1CCCCN1CCCNS(=O)(=O)CCCO. The third kappa shape index (κ3) is 6.13. The lowest BCUT2D eigenvalue weighted by Gasteiger charge is -2.33. The molecule has 1 rings (SSSR count). The zero-order chi connectivity index (χ0) is 13.4. The zero-order valence-corrected chi connectivity index (χ0v) is 12.1. The van der Waals surface area contributed by atoms with Gasteiger partial charge in [-0.3, -0.25) is 0 Å². The molecular formula is C12H26N2O3S. The van der Waals surface area contributed by atoms with E-state index >= 15 is 0 Å². The Hall–Kier alpha value is -0.170. The van der Waals surface area contributed by atoms with Crippen molar-refractivity contribution in [2.45, 2.75) is 45.1 Å². The average molecular weight is 278 g/mol. The molecule has 0 radical (unpaired) electrons. The van der Waals surface area contributed by atoms with Crippen molar-refractivity contribution in [2.75, 3.05) is 32.0 Å². The van der Waals surface area contributed by atoms with E-state index in [9.17, 15) is 8.42 Å². The van der Waals surface area contributed by atoms with Crippen LogP contribution in [0.2, 0.25) is 0 Å².